The van der Waals surface area contributed by atoms with Crippen molar-refractivity contribution in [1.82, 2.24) is 25.3 Å². The molecule has 0 saturated heterocycles. The standard InChI is InChI=1S/C11H13N5O/c1-2-12-7-8-6-9(17)16-11(15-8)10-13-4-3-5-14-10/h3-6,12H,2,7H2,1H3,(H,15,16,17). The quantitative estimate of drug-likeness (QED) is 0.792. The Labute approximate surface area is 98.2 Å². The molecule has 0 spiro atoms. The third-order valence-corrected chi connectivity index (χ3v) is 2.13. The smallest absolute Gasteiger partial charge is 0.251 e. The highest BCUT2D eigenvalue weighted by Gasteiger charge is 2.05. The van der Waals surface area contributed by atoms with E-state index in [4.69, 9.17) is 0 Å². The summed E-state index contributed by atoms with van der Waals surface area (Å²) in [6.45, 7) is 3.38. The van der Waals surface area contributed by atoms with E-state index >= 15 is 0 Å². The Morgan fingerprint density at radius 3 is 2.82 bits per heavy atom. The summed E-state index contributed by atoms with van der Waals surface area (Å²) >= 11 is 0. The molecule has 2 aromatic rings. The second kappa shape index (κ2) is 5.31. The van der Waals surface area contributed by atoms with Gasteiger partial charge >= 0.3 is 0 Å². The molecule has 0 amide bonds. The monoisotopic (exact) mass is 231 g/mol. The van der Waals surface area contributed by atoms with Gasteiger partial charge in [-0.1, -0.05) is 6.92 Å². The third kappa shape index (κ3) is 2.94. The van der Waals surface area contributed by atoms with E-state index in [-0.39, 0.29) is 5.56 Å². The number of hydrogen-bond acceptors (Lipinski definition) is 5. The lowest BCUT2D eigenvalue weighted by Crippen LogP contribution is -2.17. The van der Waals surface area contributed by atoms with Gasteiger partial charge in [-0.25, -0.2) is 15.0 Å². The summed E-state index contributed by atoms with van der Waals surface area (Å²) in [6.07, 6.45) is 3.22. The molecule has 17 heavy (non-hydrogen) atoms. The predicted molar refractivity (Wildman–Crippen MR) is 63.3 cm³/mol. The summed E-state index contributed by atoms with van der Waals surface area (Å²) in [6, 6.07) is 3.18. The van der Waals surface area contributed by atoms with Crippen molar-refractivity contribution in [3.05, 3.63) is 40.6 Å². The maximum Gasteiger partial charge on any atom is 0.251 e. The van der Waals surface area contributed by atoms with Crippen LogP contribution in [-0.4, -0.2) is 26.5 Å². The van der Waals surface area contributed by atoms with Gasteiger partial charge in [-0.3, -0.25) is 4.79 Å². The maximum atomic E-state index is 11.5. The van der Waals surface area contributed by atoms with Crippen LogP contribution in [0, 0.1) is 0 Å². The molecular formula is C11H13N5O. The van der Waals surface area contributed by atoms with Gasteiger partial charge in [-0.05, 0) is 12.6 Å². The van der Waals surface area contributed by atoms with E-state index in [1.807, 2.05) is 6.92 Å². The van der Waals surface area contributed by atoms with Crippen LogP contribution in [0.25, 0.3) is 11.6 Å². The van der Waals surface area contributed by atoms with Crippen molar-refractivity contribution in [1.29, 1.82) is 0 Å². The summed E-state index contributed by atoms with van der Waals surface area (Å²) in [7, 11) is 0. The number of nitrogens with one attached hydrogen (secondary N) is 2. The van der Waals surface area contributed by atoms with Crippen molar-refractivity contribution in [2.24, 2.45) is 0 Å². The van der Waals surface area contributed by atoms with Gasteiger partial charge in [-0.15, -0.1) is 0 Å². The van der Waals surface area contributed by atoms with Crippen molar-refractivity contribution < 1.29 is 0 Å². The van der Waals surface area contributed by atoms with E-state index in [1.165, 1.54) is 6.07 Å². The van der Waals surface area contributed by atoms with Crippen LogP contribution in [0.3, 0.4) is 0 Å². The van der Waals surface area contributed by atoms with Crippen LogP contribution in [-0.2, 0) is 6.54 Å². The lowest BCUT2D eigenvalue weighted by molar-refractivity contribution is 0.707. The minimum atomic E-state index is -0.199. The van der Waals surface area contributed by atoms with Crippen LogP contribution in [0.4, 0.5) is 0 Å². The Kier molecular flexibility index (Phi) is 3.56. The first-order valence-electron chi connectivity index (χ1n) is 5.38. The molecule has 0 fully saturated rings. The van der Waals surface area contributed by atoms with Crippen LogP contribution in [0.15, 0.2) is 29.3 Å². The fourth-order valence-corrected chi connectivity index (χ4v) is 1.38. The first-order chi connectivity index (χ1) is 8.29. The van der Waals surface area contributed by atoms with E-state index in [2.05, 4.69) is 25.3 Å². The van der Waals surface area contributed by atoms with Gasteiger partial charge in [0, 0.05) is 25.0 Å². The third-order valence-electron chi connectivity index (χ3n) is 2.13. The van der Waals surface area contributed by atoms with E-state index in [9.17, 15) is 4.79 Å². The molecule has 0 aliphatic carbocycles. The second-order valence-corrected chi connectivity index (χ2v) is 3.44. The molecule has 2 heterocycles. The molecule has 0 unspecified atom stereocenters. The Morgan fingerprint density at radius 2 is 2.12 bits per heavy atom. The number of aromatic nitrogens is 4. The van der Waals surface area contributed by atoms with E-state index in [0.29, 0.717) is 23.9 Å². The zero-order chi connectivity index (χ0) is 12.1. The Hall–Kier alpha value is -2.08. The number of H-pyrrole nitrogens is 1. The predicted octanol–water partition coefficient (Wildman–Crippen LogP) is 0.336. The largest absolute Gasteiger partial charge is 0.311 e. The molecule has 2 rings (SSSR count). The molecule has 2 N–H and O–H groups in total. The first-order valence-corrected chi connectivity index (χ1v) is 5.38. The van der Waals surface area contributed by atoms with Crippen molar-refractivity contribution in [2.45, 2.75) is 13.5 Å². The van der Waals surface area contributed by atoms with Crippen LogP contribution < -0.4 is 10.9 Å². The Morgan fingerprint density at radius 1 is 1.35 bits per heavy atom. The van der Waals surface area contributed by atoms with Crippen LogP contribution in [0.5, 0.6) is 0 Å². The van der Waals surface area contributed by atoms with E-state index < -0.39 is 0 Å². The molecule has 6 heteroatoms. The second-order valence-electron chi connectivity index (χ2n) is 3.44. The van der Waals surface area contributed by atoms with Crippen molar-refractivity contribution in [3.8, 4) is 11.6 Å². The average Bonchev–Trinajstić information content (AvgIpc) is 2.37. The highest BCUT2D eigenvalue weighted by molar-refractivity contribution is 5.41. The number of nitrogens with zero attached hydrogens (tertiary/aromatic N) is 3. The normalized spacial score (nSPS) is 10.4. The molecule has 0 saturated carbocycles. The lowest BCUT2D eigenvalue weighted by atomic mass is 10.3. The lowest BCUT2D eigenvalue weighted by Gasteiger charge is -2.03. The highest BCUT2D eigenvalue weighted by atomic mass is 16.1. The summed E-state index contributed by atoms with van der Waals surface area (Å²) in [5.74, 6) is 0.814. The van der Waals surface area contributed by atoms with Crippen LogP contribution in [0.1, 0.15) is 12.6 Å². The maximum absolute atomic E-state index is 11.5. The molecule has 88 valence electrons. The van der Waals surface area contributed by atoms with E-state index in [1.54, 1.807) is 18.5 Å². The number of rotatable bonds is 4. The number of hydrogen-bond donors (Lipinski definition) is 2. The summed E-state index contributed by atoms with van der Waals surface area (Å²) in [5.41, 5.74) is 0.480. The molecule has 0 atom stereocenters. The Bertz CT molecular complexity index is 537. The van der Waals surface area contributed by atoms with Crippen LogP contribution >= 0.6 is 0 Å². The van der Waals surface area contributed by atoms with E-state index in [0.717, 1.165) is 6.54 Å². The molecule has 0 bridgehead atoms. The average molecular weight is 231 g/mol. The summed E-state index contributed by atoms with van der Waals surface area (Å²) < 4.78 is 0. The molecule has 0 aliphatic heterocycles. The minimum absolute atomic E-state index is 0.199. The highest BCUT2D eigenvalue weighted by Crippen LogP contribution is 2.05. The first kappa shape index (κ1) is 11.4. The minimum Gasteiger partial charge on any atom is -0.311 e. The van der Waals surface area contributed by atoms with Crippen LogP contribution in [0.2, 0.25) is 0 Å². The molecular weight excluding hydrogens is 218 g/mol. The van der Waals surface area contributed by atoms with Crippen molar-refractivity contribution >= 4 is 0 Å². The molecule has 0 radical (unpaired) electrons. The molecule has 0 aromatic carbocycles. The summed E-state index contributed by atoms with van der Waals surface area (Å²) in [4.78, 5) is 26.5. The fourth-order valence-electron chi connectivity index (χ4n) is 1.38. The fraction of sp³-hybridized carbons (Fsp3) is 0.273. The molecule has 0 aliphatic rings. The number of aromatic amines is 1. The topological polar surface area (TPSA) is 83.6 Å². The molecule has 2 aromatic heterocycles. The summed E-state index contributed by atoms with van der Waals surface area (Å²) in [5, 5.41) is 3.11. The van der Waals surface area contributed by atoms with Gasteiger partial charge in [0.15, 0.2) is 11.6 Å². The van der Waals surface area contributed by atoms with Crippen molar-refractivity contribution in [2.75, 3.05) is 6.54 Å². The van der Waals surface area contributed by atoms with Gasteiger partial charge in [0.2, 0.25) is 0 Å². The SMILES string of the molecule is CCNCc1cc(=O)[nH]c(-c2ncccn2)n1. The van der Waals surface area contributed by atoms with Gasteiger partial charge < -0.3 is 10.3 Å². The zero-order valence-corrected chi connectivity index (χ0v) is 9.47. The van der Waals surface area contributed by atoms with Gasteiger partial charge in [0.25, 0.3) is 5.56 Å². The van der Waals surface area contributed by atoms with Gasteiger partial charge in [-0.2, -0.15) is 0 Å². The molecule has 6 nitrogen and oxygen atoms in total. The Balaban J connectivity index is 2.35. The van der Waals surface area contributed by atoms with Gasteiger partial charge in [0.05, 0.1) is 5.69 Å². The van der Waals surface area contributed by atoms with Gasteiger partial charge in [0.1, 0.15) is 0 Å². The zero-order valence-electron chi connectivity index (χ0n) is 9.47. The van der Waals surface area contributed by atoms with Crippen molar-refractivity contribution in [3.63, 3.8) is 0 Å².